The van der Waals surface area contributed by atoms with E-state index in [9.17, 15) is 4.79 Å². The van der Waals surface area contributed by atoms with E-state index in [1.54, 1.807) is 0 Å². The Labute approximate surface area is 71.9 Å². The number of ether oxygens (including phenoxy) is 1. The van der Waals surface area contributed by atoms with E-state index in [0.717, 1.165) is 6.42 Å². The first-order chi connectivity index (χ1) is 5.24. The van der Waals surface area contributed by atoms with Gasteiger partial charge in [0.1, 0.15) is 6.10 Å². The molecular formula is C8H13ClO2. The van der Waals surface area contributed by atoms with Crippen LogP contribution < -0.4 is 0 Å². The van der Waals surface area contributed by atoms with Crippen LogP contribution in [-0.4, -0.2) is 18.0 Å². The number of carbonyl (C=O) groups excluding carboxylic acids is 1. The monoisotopic (exact) mass is 176 g/mol. The fourth-order valence-electron chi connectivity index (χ4n) is 1.18. The molecule has 1 atom stereocenters. The van der Waals surface area contributed by atoms with E-state index in [-0.39, 0.29) is 12.1 Å². The zero-order valence-corrected chi connectivity index (χ0v) is 7.43. The van der Waals surface area contributed by atoms with Crippen LogP contribution in [0.3, 0.4) is 0 Å². The zero-order valence-electron chi connectivity index (χ0n) is 6.68. The molecule has 0 saturated heterocycles. The Morgan fingerprint density at radius 3 is 2.73 bits per heavy atom. The van der Waals surface area contributed by atoms with Crippen molar-refractivity contribution < 1.29 is 9.53 Å². The van der Waals surface area contributed by atoms with Gasteiger partial charge >= 0.3 is 5.97 Å². The molecule has 1 unspecified atom stereocenters. The maximum Gasteiger partial charge on any atom is 0.302 e. The molecule has 0 bridgehead atoms. The molecule has 0 heterocycles. The highest BCUT2D eigenvalue weighted by molar-refractivity contribution is 6.17. The third kappa shape index (κ3) is 3.10. The van der Waals surface area contributed by atoms with E-state index >= 15 is 0 Å². The minimum Gasteiger partial charge on any atom is -0.462 e. The molecule has 3 heteroatoms. The van der Waals surface area contributed by atoms with Crippen LogP contribution in [0, 0.1) is 5.92 Å². The van der Waals surface area contributed by atoms with Gasteiger partial charge in [-0.1, -0.05) is 0 Å². The highest BCUT2D eigenvalue weighted by Gasteiger charge is 2.32. The Hall–Kier alpha value is -0.240. The first-order valence-electron chi connectivity index (χ1n) is 3.97. The van der Waals surface area contributed by atoms with Crippen molar-refractivity contribution in [3.8, 4) is 0 Å². The second-order valence-corrected chi connectivity index (χ2v) is 3.34. The van der Waals surface area contributed by atoms with Crippen LogP contribution in [0.2, 0.25) is 0 Å². The molecule has 0 aliphatic heterocycles. The van der Waals surface area contributed by atoms with Crippen molar-refractivity contribution in [1.29, 1.82) is 0 Å². The molecule has 1 aliphatic carbocycles. The van der Waals surface area contributed by atoms with E-state index in [4.69, 9.17) is 16.3 Å². The van der Waals surface area contributed by atoms with Crippen molar-refractivity contribution >= 4 is 17.6 Å². The van der Waals surface area contributed by atoms with Gasteiger partial charge in [-0.2, -0.15) is 0 Å². The van der Waals surface area contributed by atoms with E-state index in [0.29, 0.717) is 11.8 Å². The van der Waals surface area contributed by atoms with E-state index in [2.05, 4.69) is 0 Å². The van der Waals surface area contributed by atoms with Crippen LogP contribution in [0.1, 0.15) is 26.2 Å². The van der Waals surface area contributed by atoms with Gasteiger partial charge in [-0.15, -0.1) is 11.6 Å². The molecule has 0 spiro atoms. The highest BCUT2D eigenvalue weighted by atomic mass is 35.5. The Morgan fingerprint density at radius 2 is 2.36 bits per heavy atom. The molecule has 11 heavy (non-hydrogen) atoms. The molecule has 0 aromatic carbocycles. The molecule has 2 nitrogen and oxygen atoms in total. The van der Waals surface area contributed by atoms with Crippen LogP contribution in [0.15, 0.2) is 0 Å². The Morgan fingerprint density at radius 1 is 1.73 bits per heavy atom. The Kier molecular flexibility index (Phi) is 3.18. The van der Waals surface area contributed by atoms with Crippen LogP contribution >= 0.6 is 11.6 Å². The Balaban J connectivity index is 2.26. The van der Waals surface area contributed by atoms with Crippen molar-refractivity contribution in [1.82, 2.24) is 0 Å². The van der Waals surface area contributed by atoms with Gasteiger partial charge in [-0.3, -0.25) is 4.79 Å². The zero-order chi connectivity index (χ0) is 8.27. The molecule has 0 amide bonds. The minimum absolute atomic E-state index is 0.0880. The summed E-state index contributed by atoms with van der Waals surface area (Å²) in [6.07, 6.45) is 3.26. The maximum atomic E-state index is 10.6. The third-order valence-corrected chi connectivity index (χ3v) is 2.08. The number of esters is 1. The van der Waals surface area contributed by atoms with Crippen LogP contribution in [0.25, 0.3) is 0 Å². The fraction of sp³-hybridized carbons (Fsp3) is 0.875. The summed E-state index contributed by atoms with van der Waals surface area (Å²) in [4.78, 5) is 10.6. The lowest BCUT2D eigenvalue weighted by molar-refractivity contribution is -0.147. The van der Waals surface area contributed by atoms with Crippen LogP contribution in [0.4, 0.5) is 0 Å². The predicted octanol–water partition coefficient (Wildman–Crippen LogP) is 1.96. The summed E-state index contributed by atoms with van der Waals surface area (Å²) in [6, 6.07) is 0. The molecule has 0 N–H and O–H groups in total. The van der Waals surface area contributed by atoms with Gasteiger partial charge in [0.25, 0.3) is 0 Å². The molecule has 1 rings (SSSR count). The molecule has 64 valence electrons. The predicted molar refractivity (Wildman–Crippen MR) is 43.6 cm³/mol. The average Bonchev–Trinajstić information content (AvgIpc) is 2.66. The molecule has 1 aliphatic rings. The first kappa shape index (κ1) is 8.85. The third-order valence-electron chi connectivity index (χ3n) is 1.86. The average molecular weight is 177 g/mol. The molecule has 1 fully saturated rings. The summed E-state index contributed by atoms with van der Waals surface area (Å²) < 4.78 is 5.09. The summed E-state index contributed by atoms with van der Waals surface area (Å²) in [7, 11) is 0. The summed E-state index contributed by atoms with van der Waals surface area (Å²) in [5, 5.41) is 0. The topological polar surface area (TPSA) is 26.3 Å². The van der Waals surface area contributed by atoms with Crippen molar-refractivity contribution in [3.05, 3.63) is 0 Å². The molecule has 0 aromatic heterocycles. The molecule has 0 radical (unpaired) electrons. The normalized spacial score (nSPS) is 19.5. The molecule has 1 saturated carbocycles. The van der Waals surface area contributed by atoms with Gasteiger partial charge in [0.2, 0.25) is 0 Å². The number of rotatable bonds is 4. The smallest absolute Gasteiger partial charge is 0.302 e. The first-order valence-corrected chi connectivity index (χ1v) is 4.50. The van der Waals surface area contributed by atoms with Crippen molar-refractivity contribution in [2.24, 2.45) is 5.92 Å². The minimum atomic E-state index is -0.188. The second kappa shape index (κ2) is 3.96. The number of hydrogen-bond acceptors (Lipinski definition) is 2. The summed E-state index contributed by atoms with van der Waals surface area (Å²) in [5.74, 6) is 0.985. The van der Waals surface area contributed by atoms with Gasteiger partial charge < -0.3 is 4.74 Å². The largest absolute Gasteiger partial charge is 0.462 e. The highest BCUT2D eigenvalue weighted by Crippen LogP contribution is 2.35. The van der Waals surface area contributed by atoms with Crippen molar-refractivity contribution in [2.75, 3.05) is 5.88 Å². The second-order valence-electron chi connectivity index (χ2n) is 2.96. The lowest BCUT2D eigenvalue weighted by atomic mass is 10.2. The van der Waals surface area contributed by atoms with E-state index < -0.39 is 0 Å². The summed E-state index contributed by atoms with van der Waals surface area (Å²) in [6.45, 7) is 1.45. The summed E-state index contributed by atoms with van der Waals surface area (Å²) in [5.41, 5.74) is 0. The van der Waals surface area contributed by atoms with E-state index in [1.165, 1.54) is 19.8 Å². The lowest BCUT2D eigenvalue weighted by Crippen LogP contribution is -2.18. The number of halogens is 1. The SMILES string of the molecule is CC(=O)OC(CCCl)C1CC1. The summed E-state index contributed by atoms with van der Waals surface area (Å²) >= 11 is 5.56. The number of carbonyl (C=O) groups is 1. The van der Waals surface area contributed by atoms with Gasteiger partial charge in [-0.25, -0.2) is 0 Å². The van der Waals surface area contributed by atoms with Crippen molar-refractivity contribution in [3.63, 3.8) is 0 Å². The molecular weight excluding hydrogens is 164 g/mol. The van der Waals surface area contributed by atoms with Gasteiger partial charge in [0.15, 0.2) is 0 Å². The number of hydrogen-bond donors (Lipinski definition) is 0. The Bertz CT molecular complexity index is 143. The van der Waals surface area contributed by atoms with Crippen molar-refractivity contribution in [2.45, 2.75) is 32.3 Å². The van der Waals surface area contributed by atoms with E-state index in [1.807, 2.05) is 0 Å². The van der Waals surface area contributed by atoms with Gasteiger partial charge in [0, 0.05) is 12.8 Å². The van der Waals surface area contributed by atoms with Gasteiger partial charge in [0.05, 0.1) is 0 Å². The van der Waals surface area contributed by atoms with Crippen LogP contribution in [-0.2, 0) is 9.53 Å². The number of alkyl halides is 1. The molecule has 0 aromatic rings. The maximum absolute atomic E-state index is 10.6. The quantitative estimate of drug-likeness (QED) is 0.484. The lowest BCUT2D eigenvalue weighted by Gasteiger charge is -2.14. The van der Waals surface area contributed by atoms with Gasteiger partial charge in [-0.05, 0) is 25.2 Å². The standard InChI is InChI=1S/C8H13ClO2/c1-6(10)11-8(4-5-9)7-2-3-7/h7-8H,2-5H2,1H3. The fourth-order valence-corrected chi connectivity index (χ4v) is 1.39. The van der Waals surface area contributed by atoms with Crippen LogP contribution in [0.5, 0.6) is 0 Å².